The van der Waals surface area contributed by atoms with E-state index in [9.17, 15) is 4.39 Å². The topological polar surface area (TPSA) is 89.3 Å². The Bertz CT molecular complexity index is 665. The van der Waals surface area contributed by atoms with Gasteiger partial charge in [-0.3, -0.25) is 0 Å². The van der Waals surface area contributed by atoms with Crippen LogP contribution >= 0.6 is 0 Å². The third kappa shape index (κ3) is 3.60. The van der Waals surface area contributed by atoms with Gasteiger partial charge in [-0.15, -0.1) is 0 Å². The van der Waals surface area contributed by atoms with Crippen LogP contribution in [0.5, 0.6) is 0 Å². The Hall–Kier alpha value is -2.44. The van der Waals surface area contributed by atoms with Crippen LogP contribution in [0.15, 0.2) is 33.8 Å². The Balaban J connectivity index is 1.56. The van der Waals surface area contributed by atoms with Crippen LogP contribution in [0.2, 0.25) is 0 Å². The molecule has 0 amide bonds. The van der Waals surface area contributed by atoms with E-state index in [1.165, 1.54) is 31.4 Å². The van der Waals surface area contributed by atoms with Crippen molar-refractivity contribution in [1.29, 1.82) is 0 Å². The summed E-state index contributed by atoms with van der Waals surface area (Å²) in [4.78, 5) is 8.34. The normalized spacial score (nSPS) is 15.6. The number of halogens is 1. The van der Waals surface area contributed by atoms with Gasteiger partial charge in [0.1, 0.15) is 12.4 Å². The SMILES string of the molecule is NC(=NCc1nc(-c2cccc(F)c2)no1)NCC1CCC1. The predicted octanol–water partition coefficient (Wildman–Crippen LogP) is 2.08. The monoisotopic (exact) mass is 303 g/mol. The highest BCUT2D eigenvalue weighted by Crippen LogP contribution is 2.25. The van der Waals surface area contributed by atoms with Crippen molar-refractivity contribution in [2.45, 2.75) is 25.8 Å². The minimum absolute atomic E-state index is 0.200. The first-order chi connectivity index (χ1) is 10.7. The highest BCUT2D eigenvalue weighted by Gasteiger charge is 2.16. The quantitative estimate of drug-likeness (QED) is 0.652. The average Bonchev–Trinajstić information content (AvgIpc) is 2.92. The van der Waals surface area contributed by atoms with Crippen molar-refractivity contribution in [3.05, 3.63) is 36.0 Å². The highest BCUT2D eigenvalue weighted by atomic mass is 19.1. The zero-order valence-electron chi connectivity index (χ0n) is 12.1. The van der Waals surface area contributed by atoms with Crippen molar-refractivity contribution in [3.8, 4) is 11.4 Å². The van der Waals surface area contributed by atoms with Crippen LogP contribution in [-0.4, -0.2) is 22.6 Å². The number of benzene rings is 1. The Labute approximate surface area is 127 Å². The van der Waals surface area contributed by atoms with E-state index in [-0.39, 0.29) is 12.4 Å². The lowest BCUT2D eigenvalue weighted by molar-refractivity contribution is 0.315. The molecule has 0 bridgehead atoms. The van der Waals surface area contributed by atoms with Gasteiger partial charge in [-0.25, -0.2) is 9.38 Å². The maximum Gasteiger partial charge on any atom is 0.248 e. The van der Waals surface area contributed by atoms with Gasteiger partial charge in [-0.05, 0) is 30.9 Å². The van der Waals surface area contributed by atoms with Gasteiger partial charge >= 0.3 is 0 Å². The van der Waals surface area contributed by atoms with Gasteiger partial charge in [0.05, 0.1) is 0 Å². The maximum atomic E-state index is 13.2. The number of aliphatic imine (C=N–C) groups is 1. The van der Waals surface area contributed by atoms with E-state index >= 15 is 0 Å². The van der Waals surface area contributed by atoms with Crippen LogP contribution in [0.25, 0.3) is 11.4 Å². The maximum absolute atomic E-state index is 13.2. The molecule has 1 aliphatic rings. The molecule has 2 aromatic rings. The number of nitrogens with zero attached hydrogens (tertiary/aromatic N) is 3. The molecule has 22 heavy (non-hydrogen) atoms. The van der Waals surface area contributed by atoms with Gasteiger partial charge in [-0.2, -0.15) is 4.98 Å². The van der Waals surface area contributed by atoms with E-state index in [1.807, 2.05) is 0 Å². The van der Waals surface area contributed by atoms with Crippen molar-refractivity contribution >= 4 is 5.96 Å². The van der Waals surface area contributed by atoms with Crippen molar-refractivity contribution in [2.75, 3.05) is 6.54 Å². The molecule has 0 spiro atoms. The van der Waals surface area contributed by atoms with E-state index in [1.54, 1.807) is 12.1 Å². The van der Waals surface area contributed by atoms with Crippen molar-refractivity contribution in [2.24, 2.45) is 16.6 Å². The highest BCUT2D eigenvalue weighted by molar-refractivity contribution is 5.77. The summed E-state index contributed by atoms with van der Waals surface area (Å²) in [6.45, 7) is 1.06. The molecule has 0 unspecified atom stereocenters. The number of hydrogen-bond donors (Lipinski definition) is 2. The molecule has 1 heterocycles. The molecule has 1 aliphatic carbocycles. The molecular formula is C15H18FN5O. The first-order valence-electron chi connectivity index (χ1n) is 7.33. The number of guanidine groups is 1. The molecule has 0 aliphatic heterocycles. The summed E-state index contributed by atoms with van der Waals surface area (Å²) in [7, 11) is 0. The molecule has 7 heteroatoms. The molecule has 0 radical (unpaired) electrons. The Kier molecular flexibility index (Phi) is 4.32. The lowest BCUT2D eigenvalue weighted by Gasteiger charge is -2.25. The van der Waals surface area contributed by atoms with Crippen LogP contribution in [0.1, 0.15) is 25.2 Å². The summed E-state index contributed by atoms with van der Waals surface area (Å²) >= 11 is 0. The molecule has 3 rings (SSSR count). The molecule has 1 aromatic carbocycles. The Morgan fingerprint density at radius 2 is 2.32 bits per heavy atom. The molecule has 0 saturated heterocycles. The molecule has 1 fully saturated rings. The number of rotatable bonds is 5. The van der Waals surface area contributed by atoms with E-state index in [0.29, 0.717) is 29.2 Å². The second kappa shape index (κ2) is 6.55. The van der Waals surface area contributed by atoms with E-state index in [2.05, 4.69) is 20.4 Å². The molecule has 116 valence electrons. The van der Waals surface area contributed by atoms with E-state index in [0.717, 1.165) is 6.54 Å². The van der Waals surface area contributed by atoms with Crippen molar-refractivity contribution < 1.29 is 8.91 Å². The van der Waals surface area contributed by atoms with Gasteiger partial charge in [0.25, 0.3) is 0 Å². The van der Waals surface area contributed by atoms with Crippen molar-refractivity contribution in [1.82, 2.24) is 15.5 Å². The van der Waals surface area contributed by atoms with Gasteiger partial charge in [0, 0.05) is 12.1 Å². The number of nitrogens with two attached hydrogens (primary N) is 1. The minimum Gasteiger partial charge on any atom is -0.370 e. The molecule has 0 atom stereocenters. The largest absolute Gasteiger partial charge is 0.370 e. The van der Waals surface area contributed by atoms with Crippen LogP contribution in [-0.2, 0) is 6.54 Å². The van der Waals surface area contributed by atoms with Gasteiger partial charge in [-0.1, -0.05) is 23.7 Å². The second-order valence-electron chi connectivity index (χ2n) is 5.40. The fourth-order valence-corrected chi connectivity index (χ4v) is 2.22. The third-order valence-electron chi connectivity index (χ3n) is 3.73. The predicted molar refractivity (Wildman–Crippen MR) is 80.4 cm³/mol. The first-order valence-corrected chi connectivity index (χ1v) is 7.33. The summed E-state index contributed by atoms with van der Waals surface area (Å²) < 4.78 is 18.3. The zero-order chi connectivity index (χ0) is 15.4. The number of hydrogen-bond acceptors (Lipinski definition) is 4. The van der Waals surface area contributed by atoms with Gasteiger partial charge in [0.15, 0.2) is 5.96 Å². The molecule has 6 nitrogen and oxygen atoms in total. The van der Waals surface area contributed by atoms with E-state index in [4.69, 9.17) is 10.3 Å². The third-order valence-corrected chi connectivity index (χ3v) is 3.73. The molecular weight excluding hydrogens is 285 g/mol. The minimum atomic E-state index is -0.341. The smallest absolute Gasteiger partial charge is 0.248 e. The van der Waals surface area contributed by atoms with E-state index < -0.39 is 0 Å². The second-order valence-corrected chi connectivity index (χ2v) is 5.40. The van der Waals surface area contributed by atoms with Crippen LogP contribution in [0.3, 0.4) is 0 Å². The standard InChI is InChI=1S/C15H18FN5O/c16-12-6-2-5-11(7-12)14-20-13(22-21-14)9-19-15(17)18-8-10-3-1-4-10/h2,5-7,10H,1,3-4,8-9H2,(H3,17,18,19). The molecule has 3 N–H and O–H groups in total. The van der Waals surface area contributed by atoms with Gasteiger partial charge in [0.2, 0.25) is 11.7 Å². The van der Waals surface area contributed by atoms with Crippen LogP contribution in [0, 0.1) is 11.7 Å². The first kappa shape index (κ1) is 14.5. The van der Waals surface area contributed by atoms with Crippen molar-refractivity contribution in [3.63, 3.8) is 0 Å². The summed E-state index contributed by atoms with van der Waals surface area (Å²) in [6, 6.07) is 6.03. The number of nitrogens with one attached hydrogen (secondary N) is 1. The Morgan fingerprint density at radius 1 is 1.45 bits per heavy atom. The molecule has 1 saturated carbocycles. The number of aromatic nitrogens is 2. The lowest BCUT2D eigenvalue weighted by atomic mass is 9.85. The fourth-order valence-electron chi connectivity index (χ4n) is 2.22. The van der Waals surface area contributed by atoms with Crippen LogP contribution < -0.4 is 11.1 Å². The van der Waals surface area contributed by atoms with Gasteiger partial charge < -0.3 is 15.6 Å². The fraction of sp³-hybridized carbons (Fsp3) is 0.400. The summed E-state index contributed by atoms with van der Waals surface area (Å²) in [6.07, 6.45) is 3.80. The average molecular weight is 303 g/mol. The summed E-state index contributed by atoms with van der Waals surface area (Å²) in [5.74, 6) is 1.42. The Morgan fingerprint density at radius 3 is 3.05 bits per heavy atom. The summed E-state index contributed by atoms with van der Waals surface area (Å²) in [5, 5.41) is 6.91. The van der Waals surface area contributed by atoms with Crippen LogP contribution in [0.4, 0.5) is 4.39 Å². The lowest BCUT2D eigenvalue weighted by Crippen LogP contribution is -2.37. The zero-order valence-corrected chi connectivity index (χ0v) is 12.1. The summed E-state index contributed by atoms with van der Waals surface area (Å²) in [5.41, 5.74) is 6.35. The molecule has 1 aromatic heterocycles.